The number of ether oxygens (including phenoxy) is 1. The smallest absolute Gasteiger partial charge is 0.238 e. The van der Waals surface area contributed by atoms with E-state index in [9.17, 15) is 4.79 Å². The van der Waals surface area contributed by atoms with Gasteiger partial charge in [-0.3, -0.25) is 10.2 Å². The van der Waals surface area contributed by atoms with E-state index < -0.39 is 0 Å². The van der Waals surface area contributed by atoms with Crippen molar-refractivity contribution in [3.8, 4) is 5.75 Å². The zero-order valence-corrected chi connectivity index (χ0v) is 10.4. The number of carbonyl (C=O) groups excluding carboxylic acids is 1. The van der Waals surface area contributed by atoms with Crippen LogP contribution in [0.4, 0.5) is 0 Å². The summed E-state index contributed by atoms with van der Waals surface area (Å²) >= 11 is 0. The van der Waals surface area contributed by atoms with Crippen LogP contribution in [0.3, 0.4) is 0 Å². The van der Waals surface area contributed by atoms with Crippen LogP contribution in [0.5, 0.6) is 5.75 Å². The monoisotopic (exact) mass is 236 g/mol. The quantitative estimate of drug-likeness (QED) is 0.448. The number of hydrazine groups is 1. The summed E-state index contributed by atoms with van der Waals surface area (Å²) in [6.45, 7) is 4.93. The lowest BCUT2D eigenvalue weighted by molar-refractivity contribution is -0.120. The van der Waals surface area contributed by atoms with Crippen LogP contribution in [-0.4, -0.2) is 12.5 Å². The molecule has 0 fully saturated rings. The molecule has 0 heterocycles. The van der Waals surface area contributed by atoms with Crippen molar-refractivity contribution in [2.45, 2.75) is 26.7 Å². The van der Waals surface area contributed by atoms with E-state index in [0.29, 0.717) is 12.5 Å². The Morgan fingerprint density at radius 3 is 2.82 bits per heavy atom. The molecule has 0 spiro atoms. The molecule has 0 saturated carbocycles. The Morgan fingerprint density at radius 1 is 1.47 bits per heavy atom. The predicted octanol–water partition coefficient (Wildman–Crippen LogP) is 1.64. The molecule has 1 aromatic carbocycles. The second-order valence-electron chi connectivity index (χ2n) is 4.18. The van der Waals surface area contributed by atoms with Gasteiger partial charge >= 0.3 is 0 Å². The van der Waals surface area contributed by atoms with E-state index in [2.05, 4.69) is 19.3 Å². The fraction of sp³-hybridized carbons (Fsp3) is 0.462. The lowest BCUT2D eigenvalue weighted by Gasteiger charge is -2.14. The third kappa shape index (κ3) is 4.44. The summed E-state index contributed by atoms with van der Waals surface area (Å²) in [6.07, 6.45) is 1.32. The van der Waals surface area contributed by atoms with Gasteiger partial charge in [-0.1, -0.05) is 38.5 Å². The maximum atomic E-state index is 11.2. The van der Waals surface area contributed by atoms with Crippen molar-refractivity contribution >= 4 is 5.91 Å². The summed E-state index contributed by atoms with van der Waals surface area (Å²) in [4.78, 5) is 11.2. The first-order valence-electron chi connectivity index (χ1n) is 5.87. The SMILES string of the molecule is CC[C@@H](C)COc1ccccc1CC(=O)NN. The molecule has 0 aliphatic carbocycles. The molecule has 4 heteroatoms. The van der Waals surface area contributed by atoms with Crippen LogP contribution >= 0.6 is 0 Å². The van der Waals surface area contributed by atoms with Gasteiger partial charge in [0.2, 0.25) is 5.91 Å². The summed E-state index contributed by atoms with van der Waals surface area (Å²) in [6, 6.07) is 7.54. The first kappa shape index (κ1) is 13.5. The minimum Gasteiger partial charge on any atom is -0.493 e. The molecule has 94 valence electrons. The van der Waals surface area contributed by atoms with Gasteiger partial charge in [0.25, 0.3) is 0 Å². The fourth-order valence-electron chi connectivity index (χ4n) is 1.36. The van der Waals surface area contributed by atoms with Crippen LogP contribution in [0.15, 0.2) is 24.3 Å². The van der Waals surface area contributed by atoms with Crippen LogP contribution in [0.2, 0.25) is 0 Å². The lowest BCUT2D eigenvalue weighted by Crippen LogP contribution is -2.31. The topological polar surface area (TPSA) is 64.3 Å². The Morgan fingerprint density at radius 2 is 2.18 bits per heavy atom. The number of carbonyl (C=O) groups is 1. The van der Waals surface area contributed by atoms with Crippen molar-refractivity contribution in [2.24, 2.45) is 11.8 Å². The Hall–Kier alpha value is -1.55. The molecule has 0 aliphatic heterocycles. The zero-order chi connectivity index (χ0) is 12.7. The molecular weight excluding hydrogens is 216 g/mol. The summed E-state index contributed by atoms with van der Waals surface area (Å²) in [5.74, 6) is 6.12. The Kier molecular flexibility index (Phi) is 5.49. The average Bonchev–Trinajstić information content (AvgIpc) is 2.37. The third-order valence-corrected chi connectivity index (χ3v) is 2.70. The molecule has 17 heavy (non-hydrogen) atoms. The number of amides is 1. The van der Waals surface area contributed by atoms with E-state index in [0.717, 1.165) is 17.7 Å². The van der Waals surface area contributed by atoms with E-state index in [4.69, 9.17) is 10.6 Å². The van der Waals surface area contributed by atoms with E-state index in [1.165, 1.54) is 0 Å². The van der Waals surface area contributed by atoms with E-state index in [1.807, 2.05) is 24.3 Å². The molecule has 1 amide bonds. The highest BCUT2D eigenvalue weighted by molar-refractivity contribution is 5.78. The van der Waals surface area contributed by atoms with Crippen LogP contribution in [0, 0.1) is 5.92 Å². The summed E-state index contributed by atoms with van der Waals surface area (Å²) in [5.41, 5.74) is 2.98. The minimum atomic E-state index is -0.218. The highest BCUT2D eigenvalue weighted by Crippen LogP contribution is 2.19. The van der Waals surface area contributed by atoms with Crippen LogP contribution in [0.1, 0.15) is 25.8 Å². The molecule has 0 saturated heterocycles. The minimum absolute atomic E-state index is 0.218. The summed E-state index contributed by atoms with van der Waals surface area (Å²) < 4.78 is 5.71. The number of hydrogen-bond donors (Lipinski definition) is 2. The largest absolute Gasteiger partial charge is 0.493 e. The Balaban J connectivity index is 2.67. The van der Waals surface area contributed by atoms with Crippen molar-refractivity contribution in [3.63, 3.8) is 0 Å². The first-order valence-corrected chi connectivity index (χ1v) is 5.87. The van der Waals surface area contributed by atoms with E-state index >= 15 is 0 Å². The second-order valence-corrected chi connectivity index (χ2v) is 4.18. The number of benzene rings is 1. The maximum absolute atomic E-state index is 11.2. The average molecular weight is 236 g/mol. The van der Waals surface area contributed by atoms with Gasteiger partial charge in [0.05, 0.1) is 13.0 Å². The maximum Gasteiger partial charge on any atom is 0.238 e. The van der Waals surface area contributed by atoms with Crippen molar-refractivity contribution in [1.82, 2.24) is 5.43 Å². The number of nitrogens with one attached hydrogen (secondary N) is 1. The number of para-hydroxylation sites is 1. The summed E-state index contributed by atoms with van der Waals surface area (Å²) in [5, 5.41) is 0. The molecule has 1 atom stereocenters. The van der Waals surface area contributed by atoms with Crippen molar-refractivity contribution < 1.29 is 9.53 Å². The fourth-order valence-corrected chi connectivity index (χ4v) is 1.36. The van der Waals surface area contributed by atoms with Gasteiger partial charge in [0.15, 0.2) is 0 Å². The molecule has 0 aliphatic rings. The van der Waals surface area contributed by atoms with Gasteiger partial charge in [0.1, 0.15) is 5.75 Å². The number of nitrogens with two attached hydrogens (primary N) is 1. The van der Waals surface area contributed by atoms with Gasteiger partial charge in [-0.2, -0.15) is 0 Å². The standard InChI is InChI=1S/C13H20N2O2/c1-3-10(2)9-17-12-7-5-4-6-11(12)8-13(16)15-14/h4-7,10H,3,8-9,14H2,1-2H3,(H,15,16)/t10-/m1/s1. The predicted molar refractivity (Wildman–Crippen MR) is 67.4 cm³/mol. The highest BCUT2D eigenvalue weighted by atomic mass is 16.5. The molecule has 4 nitrogen and oxygen atoms in total. The van der Waals surface area contributed by atoms with Gasteiger partial charge in [-0.05, 0) is 12.0 Å². The molecule has 0 unspecified atom stereocenters. The Bertz CT molecular complexity index is 366. The third-order valence-electron chi connectivity index (χ3n) is 2.70. The molecule has 1 rings (SSSR count). The van der Waals surface area contributed by atoms with Crippen LogP contribution in [0.25, 0.3) is 0 Å². The number of rotatable bonds is 6. The lowest BCUT2D eigenvalue weighted by atomic mass is 10.1. The highest BCUT2D eigenvalue weighted by Gasteiger charge is 2.08. The van der Waals surface area contributed by atoms with Crippen molar-refractivity contribution in [3.05, 3.63) is 29.8 Å². The van der Waals surface area contributed by atoms with Gasteiger partial charge in [-0.25, -0.2) is 5.84 Å². The molecule has 0 radical (unpaired) electrons. The van der Waals surface area contributed by atoms with E-state index in [-0.39, 0.29) is 12.3 Å². The number of hydrogen-bond acceptors (Lipinski definition) is 3. The molecular formula is C13H20N2O2. The van der Waals surface area contributed by atoms with E-state index in [1.54, 1.807) is 0 Å². The molecule has 0 bridgehead atoms. The van der Waals surface area contributed by atoms with Gasteiger partial charge in [-0.15, -0.1) is 0 Å². The zero-order valence-electron chi connectivity index (χ0n) is 10.4. The Labute approximate surface area is 102 Å². The van der Waals surface area contributed by atoms with Crippen molar-refractivity contribution in [1.29, 1.82) is 0 Å². The van der Waals surface area contributed by atoms with Crippen LogP contribution in [-0.2, 0) is 11.2 Å². The van der Waals surface area contributed by atoms with Crippen LogP contribution < -0.4 is 16.0 Å². The molecule has 3 N–H and O–H groups in total. The van der Waals surface area contributed by atoms with Crippen molar-refractivity contribution in [2.75, 3.05) is 6.61 Å². The van der Waals surface area contributed by atoms with Gasteiger partial charge < -0.3 is 4.74 Å². The second kappa shape index (κ2) is 6.91. The van der Waals surface area contributed by atoms with Gasteiger partial charge in [0, 0.05) is 5.56 Å². The first-order chi connectivity index (χ1) is 8.17. The summed E-state index contributed by atoms with van der Waals surface area (Å²) in [7, 11) is 0. The molecule has 0 aromatic heterocycles. The normalized spacial score (nSPS) is 11.9. The molecule has 1 aromatic rings.